The second-order valence-corrected chi connectivity index (χ2v) is 10.1. The summed E-state index contributed by atoms with van der Waals surface area (Å²) in [7, 11) is 0. The van der Waals surface area contributed by atoms with Crippen LogP contribution in [0.1, 0.15) is 101 Å². The fourth-order valence-corrected chi connectivity index (χ4v) is 5.12. The van der Waals surface area contributed by atoms with E-state index in [0.717, 1.165) is 29.5 Å². The first-order valence-corrected chi connectivity index (χ1v) is 14.3. The molecule has 0 radical (unpaired) electrons. The second-order valence-electron chi connectivity index (χ2n) is 10.1. The molecule has 0 aromatic heterocycles. The molecule has 1 N–H and O–H groups in total. The molecule has 2 heteroatoms. The Hall–Kier alpha value is -2.42. The van der Waals surface area contributed by atoms with Crippen molar-refractivity contribution in [3.8, 4) is 0 Å². The molecular weight excluding hydrogens is 440 g/mol. The van der Waals surface area contributed by atoms with Gasteiger partial charge < -0.3 is 9.84 Å². The van der Waals surface area contributed by atoms with E-state index in [1.165, 1.54) is 64.2 Å². The summed E-state index contributed by atoms with van der Waals surface area (Å²) in [4.78, 5) is 0. The average Bonchev–Trinajstić information content (AvgIpc) is 2.94. The summed E-state index contributed by atoms with van der Waals surface area (Å²) in [5, 5.41) is 10.9. The molecule has 2 nitrogen and oxygen atoms in total. The lowest BCUT2D eigenvalue weighted by Gasteiger charge is -2.36. The summed E-state index contributed by atoms with van der Waals surface area (Å²) in [6.07, 6.45) is 14.8. The molecule has 0 amide bonds. The normalized spacial score (nSPS) is 12.5. The van der Waals surface area contributed by atoms with Crippen LogP contribution in [0.3, 0.4) is 0 Å². The van der Waals surface area contributed by atoms with Crippen LogP contribution in [-0.4, -0.2) is 17.8 Å². The molecule has 36 heavy (non-hydrogen) atoms. The van der Waals surface area contributed by atoms with Gasteiger partial charge in [0.25, 0.3) is 0 Å². The van der Waals surface area contributed by atoms with Crippen molar-refractivity contribution in [2.75, 3.05) is 6.61 Å². The number of aliphatic hydroxyl groups excluding tert-OH is 1. The molecule has 194 valence electrons. The molecule has 0 aliphatic rings. The van der Waals surface area contributed by atoms with Gasteiger partial charge in [-0.3, -0.25) is 0 Å². The molecule has 1 atom stereocenters. The molecule has 0 aliphatic heterocycles. The number of hydrogen-bond acceptors (Lipinski definition) is 2. The third-order valence-corrected chi connectivity index (χ3v) is 7.17. The Kier molecular flexibility index (Phi) is 12.8. The van der Waals surface area contributed by atoms with Crippen LogP contribution in [0.15, 0.2) is 91.0 Å². The number of hydrogen-bond donors (Lipinski definition) is 1. The lowest BCUT2D eigenvalue weighted by molar-refractivity contribution is -0.0405. The SMILES string of the molecule is CCCCCCCCCCCCC[C@H](O)COC(c1ccccc1)(c1ccccc1)c1ccccc1. The molecular formula is C34H46O2. The van der Waals surface area contributed by atoms with Crippen molar-refractivity contribution >= 4 is 0 Å². The predicted molar refractivity (Wildman–Crippen MR) is 152 cm³/mol. The second kappa shape index (κ2) is 16.3. The van der Waals surface area contributed by atoms with Gasteiger partial charge >= 0.3 is 0 Å². The molecule has 0 unspecified atom stereocenters. The maximum Gasteiger partial charge on any atom is 0.143 e. The fourth-order valence-electron chi connectivity index (χ4n) is 5.12. The minimum atomic E-state index is -0.762. The minimum Gasteiger partial charge on any atom is -0.391 e. The van der Waals surface area contributed by atoms with Crippen LogP contribution >= 0.6 is 0 Å². The Morgan fingerprint density at radius 3 is 1.31 bits per heavy atom. The summed E-state index contributed by atoms with van der Waals surface area (Å²) >= 11 is 0. The lowest BCUT2D eigenvalue weighted by atomic mass is 9.80. The quantitative estimate of drug-likeness (QED) is 0.143. The van der Waals surface area contributed by atoms with Crippen molar-refractivity contribution in [2.24, 2.45) is 0 Å². The Morgan fingerprint density at radius 2 is 0.917 bits per heavy atom. The van der Waals surface area contributed by atoms with Crippen molar-refractivity contribution in [3.63, 3.8) is 0 Å². The van der Waals surface area contributed by atoms with Gasteiger partial charge in [0.15, 0.2) is 0 Å². The summed E-state index contributed by atoms with van der Waals surface area (Å²) in [5.74, 6) is 0. The van der Waals surface area contributed by atoms with Crippen LogP contribution in [0.5, 0.6) is 0 Å². The van der Waals surface area contributed by atoms with E-state index in [4.69, 9.17) is 4.74 Å². The van der Waals surface area contributed by atoms with Crippen LogP contribution in [-0.2, 0) is 10.3 Å². The van der Waals surface area contributed by atoms with Gasteiger partial charge in [0.05, 0.1) is 12.7 Å². The molecule has 3 rings (SSSR count). The van der Waals surface area contributed by atoms with E-state index in [1.54, 1.807) is 0 Å². The number of benzene rings is 3. The van der Waals surface area contributed by atoms with Crippen LogP contribution < -0.4 is 0 Å². The lowest BCUT2D eigenvalue weighted by Crippen LogP contribution is -2.35. The van der Waals surface area contributed by atoms with E-state index in [2.05, 4.69) is 79.7 Å². The zero-order valence-electron chi connectivity index (χ0n) is 22.3. The highest BCUT2D eigenvalue weighted by Crippen LogP contribution is 2.40. The highest BCUT2D eigenvalue weighted by atomic mass is 16.5. The zero-order valence-corrected chi connectivity index (χ0v) is 22.3. The highest BCUT2D eigenvalue weighted by Gasteiger charge is 2.37. The predicted octanol–water partition coefficient (Wildman–Crippen LogP) is 9.06. The third-order valence-electron chi connectivity index (χ3n) is 7.17. The molecule has 0 aliphatic carbocycles. The monoisotopic (exact) mass is 486 g/mol. The van der Waals surface area contributed by atoms with Crippen molar-refractivity contribution < 1.29 is 9.84 Å². The van der Waals surface area contributed by atoms with E-state index in [1.807, 2.05) is 18.2 Å². The first kappa shape index (κ1) is 28.2. The maximum absolute atomic E-state index is 10.9. The van der Waals surface area contributed by atoms with E-state index in [-0.39, 0.29) is 0 Å². The topological polar surface area (TPSA) is 29.5 Å². The molecule has 0 saturated carbocycles. The molecule has 0 fully saturated rings. The fraction of sp³-hybridized carbons (Fsp3) is 0.471. The summed E-state index contributed by atoms with van der Waals surface area (Å²) < 4.78 is 6.75. The Bertz CT molecular complexity index is 827. The summed E-state index contributed by atoms with van der Waals surface area (Å²) in [5.41, 5.74) is 2.46. The minimum absolute atomic E-state index is 0.302. The van der Waals surface area contributed by atoms with Gasteiger partial charge in [0, 0.05) is 0 Å². The molecule has 0 spiro atoms. The van der Waals surface area contributed by atoms with E-state index < -0.39 is 11.7 Å². The maximum atomic E-state index is 10.9. The van der Waals surface area contributed by atoms with Gasteiger partial charge in [0.2, 0.25) is 0 Å². The smallest absolute Gasteiger partial charge is 0.143 e. The molecule has 0 heterocycles. The van der Waals surface area contributed by atoms with Gasteiger partial charge in [-0.15, -0.1) is 0 Å². The van der Waals surface area contributed by atoms with E-state index in [0.29, 0.717) is 6.61 Å². The summed E-state index contributed by atoms with van der Waals surface area (Å²) in [6.45, 7) is 2.58. The number of ether oxygens (including phenoxy) is 1. The highest BCUT2D eigenvalue weighted by molar-refractivity contribution is 5.47. The number of unbranched alkanes of at least 4 members (excludes halogenated alkanes) is 10. The molecule has 3 aromatic carbocycles. The number of rotatable bonds is 18. The van der Waals surface area contributed by atoms with Crippen molar-refractivity contribution in [1.29, 1.82) is 0 Å². The third kappa shape index (κ3) is 8.61. The van der Waals surface area contributed by atoms with Gasteiger partial charge in [0.1, 0.15) is 5.60 Å². The van der Waals surface area contributed by atoms with Crippen molar-refractivity contribution in [3.05, 3.63) is 108 Å². The zero-order chi connectivity index (χ0) is 25.3. The Balaban J connectivity index is 1.54. The van der Waals surface area contributed by atoms with Gasteiger partial charge in [-0.1, -0.05) is 169 Å². The van der Waals surface area contributed by atoms with Gasteiger partial charge in [-0.05, 0) is 23.1 Å². The largest absolute Gasteiger partial charge is 0.391 e. The van der Waals surface area contributed by atoms with Crippen molar-refractivity contribution in [1.82, 2.24) is 0 Å². The molecule has 0 saturated heterocycles. The van der Waals surface area contributed by atoms with Gasteiger partial charge in [-0.2, -0.15) is 0 Å². The Morgan fingerprint density at radius 1 is 0.556 bits per heavy atom. The van der Waals surface area contributed by atoms with Crippen LogP contribution in [0.4, 0.5) is 0 Å². The van der Waals surface area contributed by atoms with Crippen LogP contribution in [0.2, 0.25) is 0 Å². The van der Waals surface area contributed by atoms with E-state index >= 15 is 0 Å². The first-order chi connectivity index (χ1) is 17.8. The van der Waals surface area contributed by atoms with E-state index in [9.17, 15) is 5.11 Å². The van der Waals surface area contributed by atoms with Crippen LogP contribution in [0, 0.1) is 0 Å². The molecule has 3 aromatic rings. The van der Waals surface area contributed by atoms with Crippen LogP contribution in [0.25, 0.3) is 0 Å². The summed E-state index contributed by atoms with van der Waals surface area (Å²) in [6, 6.07) is 31.2. The van der Waals surface area contributed by atoms with Crippen molar-refractivity contribution in [2.45, 2.75) is 95.7 Å². The average molecular weight is 487 g/mol. The Labute approximate surface area is 219 Å². The molecule has 0 bridgehead atoms. The standard InChI is InChI=1S/C34H46O2/c1-2-3-4-5-6-7-8-9-10-11-21-28-33(35)29-36-34(30-22-15-12-16-23-30,31-24-17-13-18-25-31)32-26-19-14-20-27-32/h12-20,22-27,33,35H,2-11,21,28-29H2,1H3/t33-/m0/s1. The van der Waals surface area contributed by atoms with Gasteiger partial charge in [-0.25, -0.2) is 0 Å². The number of aliphatic hydroxyl groups is 1. The first-order valence-electron chi connectivity index (χ1n) is 14.3.